The number of nitrogens with two attached hydrogens (primary N) is 1. The maximum absolute atomic E-state index is 13.2. The summed E-state index contributed by atoms with van der Waals surface area (Å²) in [5.41, 5.74) is 5.39. The van der Waals surface area contributed by atoms with Crippen LogP contribution in [0.25, 0.3) is 11.4 Å². The highest BCUT2D eigenvalue weighted by molar-refractivity contribution is 6.18. The van der Waals surface area contributed by atoms with Gasteiger partial charge >= 0.3 is 0 Å². The van der Waals surface area contributed by atoms with Crippen LogP contribution in [-0.4, -0.2) is 43.2 Å². The van der Waals surface area contributed by atoms with Gasteiger partial charge in [-0.3, -0.25) is 14.8 Å². The Balaban J connectivity index is 1.88. The number of carbonyl (C=O) groups excluding carboxylic acids is 1. The molecule has 9 nitrogen and oxygen atoms in total. The molecule has 0 saturated carbocycles. The number of aromatic nitrogens is 4. The zero-order valence-electron chi connectivity index (χ0n) is 17.3. The van der Waals surface area contributed by atoms with Gasteiger partial charge in [0.15, 0.2) is 0 Å². The molecule has 1 amide bonds. The van der Waals surface area contributed by atoms with Crippen LogP contribution < -0.4 is 11.1 Å². The topological polar surface area (TPSA) is 131 Å². The van der Waals surface area contributed by atoms with Crippen LogP contribution in [0, 0.1) is 0 Å². The number of pyridine rings is 2. The van der Waals surface area contributed by atoms with Gasteiger partial charge in [-0.15, -0.1) is 0 Å². The molecule has 0 unspecified atom stereocenters. The number of aromatic hydroxyl groups is 1. The number of nitrogens with zero attached hydrogens (tertiary/aromatic N) is 5. The van der Waals surface area contributed by atoms with Crippen LogP contribution in [0.2, 0.25) is 0 Å². The van der Waals surface area contributed by atoms with Gasteiger partial charge < -0.3 is 20.7 Å². The highest BCUT2D eigenvalue weighted by atomic mass is 19.3. The maximum atomic E-state index is 13.2. The second-order valence-corrected chi connectivity index (χ2v) is 6.97. The minimum Gasteiger partial charge on any atom is -0.506 e. The first-order valence-electron chi connectivity index (χ1n) is 9.52. The van der Waals surface area contributed by atoms with E-state index < -0.39 is 23.6 Å². The van der Waals surface area contributed by atoms with Crippen molar-refractivity contribution in [3.63, 3.8) is 0 Å². The number of anilines is 1. The summed E-state index contributed by atoms with van der Waals surface area (Å²) in [4.78, 5) is 28.9. The number of carbonyl (C=O) groups is 1. The summed E-state index contributed by atoms with van der Waals surface area (Å²) in [6, 6.07) is 6.31. The molecule has 3 aromatic heterocycles. The number of amides is 1. The fraction of sp³-hybridized carbons (Fsp3) is 0.190. The van der Waals surface area contributed by atoms with Crippen LogP contribution in [0.15, 0.2) is 65.4 Å². The second-order valence-electron chi connectivity index (χ2n) is 6.97. The average Bonchev–Trinajstić information content (AvgIpc) is 3.24. The van der Waals surface area contributed by atoms with E-state index in [1.165, 1.54) is 24.5 Å². The Hall–Kier alpha value is -4.15. The second kappa shape index (κ2) is 9.77. The van der Waals surface area contributed by atoms with Crippen molar-refractivity contribution in [1.82, 2.24) is 19.5 Å². The molecule has 0 atom stereocenters. The quantitative estimate of drug-likeness (QED) is 0.380. The van der Waals surface area contributed by atoms with E-state index in [4.69, 9.17) is 5.73 Å². The summed E-state index contributed by atoms with van der Waals surface area (Å²) in [5.74, 6) is -0.948. The lowest BCUT2D eigenvalue weighted by atomic mass is 10.2. The molecule has 0 spiro atoms. The number of hydrogen-bond donors (Lipinski definition) is 3. The molecular weight excluding hydrogens is 420 g/mol. The minimum absolute atomic E-state index is 0.135. The van der Waals surface area contributed by atoms with E-state index in [1.54, 1.807) is 24.7 Å². The molecule has 11 heteroatoms. The third kappa shape index (κ3) is 5.31. The molecule has 32 heavy (non-hydrogen) atoms. The molecule has 166 valence electrons. The zero-order valence-corrected chi connectivity index (χ0v) is 17.3. The van der Waals surface area contributed by atoms with Crippen molar-refractivity contribution in [1.29, 1.82) is 0 Å². The fourth-order valence-electron chi connectivity index (χ4n) is 2.75. The highest BCUT2D eigenvalue weighted by Gasteiger charge is 2.19. The molecule has 3 aromatic rings. The zero-order chi connectivity index (χ0) is 23.3. The minimum atomic E-state index is -3.08. The van der Waals surface area contributed by atoms with Gasteiger partial charge in [-0.25, -0.2) is 18.7 Å². The summed E-state index contributed by atoms with van der Waals surface area (Å²) in [6.45, 7) is 3.98. The van der Waals surface area contributed by atoms with Crippen LogP contribution in [0.5, 0.6) is 5.75 Å². The first kappa shape index (κ1) is 22.5. The van der Waals surface area contributed by atoms with Crippen molar-refractivity contribution in [3.8, 4) is 17.1 Å². The highest BCUT2D eigenvalue weighted by Crippen LogP contribution is 2.22. The van der Waals surface area contributed by atoms with Gasteiger partial charge in [0, 0.05) is 18.3 Å². The summed E-state index contributed by atoms with van der Waals surface area (Å²) in [5, 5.41) is 11.9. The van der Waals surface area contributed by atoms with Crippen molar-refractivity contribution >= 4 is 23.6 Å². The van der Waals surface area contributed by atoms with E-state index >= 15 is 0 Å². The summed E-state index contributed by atoms with van der Waals surface area (Å²) >= 11 is 0. The molecule has 0 bridgehead atoms. The number of rotatable bonds is 7. The third-order valence-electron chi connectivity index (χ3n) is 4.32. The van der Waals surface area contributed by atoms with E-state index in [1.807, 2.05) is 18.4 Å². The number of aliphatic imine (C=N–C) groups is 1. The lowest BCUT2D eigenvalue weighted by Crippen LogP contribution is -2.23. The van der Waals surface area contributed by atoms with Gasteiger partial charge in [-0.1, -0.05) is 6.07 Å². The van der Waals surface area contributed by atoms with Crippen LogP contribution >= 0.6 is 0 Å². The molecule has 0 aliphatic heterocycles. The van der Waals surface area contributed by atoms with Gasteiger partial charge in [0.2, 0.25) is 0 Å². The number of alkyl halides is 2. The standard InChI is InChI=1S/C21H21F2N7O2/c1-12(2)30-11-26-10-17(30)16-4-3-5-18(28-16)29-21(32)15(19(24)20(22)23)9-27-13-6-14(31)8-25-7-13/h3-12,20,31H,24H2,1-2H3,(H,28,29,32)/b19-15+,27-9?. The summed E-state index contributed by atoms with van der Waals surface area (Å²) < 4.78 is 28.4. The number of nitrogens with one attached hydrogen (secondary N) is 1. The van der Waals surface area contributed by atoms with Crippen LogP contribution in [0.4, 0.5) is 20.3 Å². The van der Waals surface area contributed by atoms with Crippen molar-refractivity contribution in [2.45, 2.75) is 26.3 Å². The van der Waals surface area contributed by atoms with E-state index in [0.717, 1.165) is 11.9 Å². The fourth-order valence-corrected chi connectivity index (χ4v) is 2.75. The van der Waals surface area contributed by atoms with Crippen LogP contribution in [0.1, 0.15) is 19.9 Å². The van der Waals surface area contributed by atoms with Crippen molar-refractivity contribution in [2.75, 3.05) is 5.32 Å². The summed E-state index contributed by atoms with van der Waals surface area (Å²) in [7, 11) is 0. The number of allylic oxidation sites excluding steroid dienone is 1. The molecule has 0 saturated heterocycles. The third-order valence-corrected chi connectivity index (χ3v) is 4.32. The Morgan fingerprint density at radius 1 is 1.25 bits per heavy atom. The van der Waals surface area contributed by atoms with E-state index in [9.17, 15) is 18.7 Å². The van der Waals surface area contributed by atoms with Gasteiger partial charge in [-0.05, 0) is 26.0 Å². The Kier molecular flexibility index (Phi) is 6.88. The Morgan fingerprint density at radius 2 is 2.03 bits per heavy atom. The largest absolute Gasteiger partial charge is 0.506 e. The first-order valence-corrected chi connectivity index (χ1v) is 9.52. The lowest BCUT2D eigenvalue weighted by molar-refractivity contribution is -0.112. The molecule has 0 fully saturated rings. The number of halogens is 2. The average molecular weight is 441 g/mol. The van der Waals surface area contributed by atoms with Crippen molar-refractivity contribution < 1.29 is 18.7 Å². The Labute approximate surface area is 182 Å². The maximum Gasteiger partial charge on any atom is 0.278 e. The SMILES string of the molecule is CC(C)n1cncc1-c1cccc(NC(=O)/C(C=Nc2cncc(O)c2)=C(/N)C(F)F)n1. The normalized spacial score (nSPS) is 12.4. The predicted molar refractivity (Wildman–Crippen MR) is 116 cm³/mol. The molecular formula is C21H21F2N7O2. The van der Waals surface area contributed by atoms with Gasteiger partial charge in [-0.2, -0.15) is 0 Å². The molecule has 4 N–H and O–H groups in total. The van der Waals surface area contributed by atoms with Crippen LogP contribution in [-0.2, 0) is 4.79 Å². The smallest absolute Gasteiger partial charge is 0.278 e. The number of imidazole rings is 1. The molecule has 0 aliphatic rings. The monoisotopic (exact) mass is 441 g/mol. The molecule has 0 aliphatic carbocycles. The van der Waals surface area contributed by atoms with Crippen molar-refractivity contribution in [2.24, 2.45) is 10.7 Å². The Morgan fingerprint density at radius 3 is 2.72 bits per heavy atom. The molecule has 3 rings (SSSR count). The summed E-state index contributed by atoms with van der Waals surface area (Å²) in [6.07, 6.45) is 3.59. The molecule has 0 aromatic carbocycles. The van der Waals surface area contributed by atoms with Gasteiger partial charge in [0.25, 0.3) is 12.3 Å². The van der Waals surface area contributed by atoms with Crippen LogP contribution in [0.3, 0.4) is 0 Å². The van der Waals surface area contributed by atoms with E-state index in [0.29, 0.717) is 5.69 Å². The number of hydrogen-bond acceptors (Lipinski definition) is 7. The van der Waals surface area contributed by atoms with E-state index in [-0.39, 0.29) is 23.3 Å². The van der Waals surface area contributed by atoms with E-state index in [2.05, 4.69) is 25.3 Å². The van der Waals surface area contributed by atoms with Gasteiger partial charge in [0.05, 0.1) is 53.3 Å². The van der Waals surface area contributed by atoms with Gasteiger partial charge in [0.1, 0.15) is 11.6 Å². The predicted octanol–water partition coefficient (Wildman–Crippen LogP) is 3.45. The lowest BCUT2D eigenvalue weighted by Gasteiger charge is -2.12. The molecule has 0 radical (unpaired) electrons. The Bertz CT molecular complexity index is 1170. The molecule has 3 heterocycles. The van der Waals surface area contributed by atoms with Crippen molar-refractivity contribution in [3.05, 3.63) is 60.5 Å². The first-order chi connectivity index (χ1) is 15.3.